The Hall–Kier alpha value is -1.69. The van der Waals surface area contributed by atoms with Crippen molar-refractivity contribution < 1.29 is 9.90 Å². The summed E-state index contributed by atoms with van der Waals surface area (Å²) < 4.78 is 0. The summed E-state index contributed by atoms with van der Waals surface area (Å²) in [5.74, 6) is -0.915. The van der Waals surface area contributed by atoms with E-state index in [1.54, 1.807) is 0 Å². The van der Waals surface area contributed by atoms with E-state index in [2.05, 4.69) is 33.4 Å². The summed E-state index contributed by atoms with van der Waals surface area (Å²) >= 11 is 1.81. The molecule has 138 valence electrons. The second kappa shape index (κ2) is 7.91. The molecule has 0 saturated carbocycles. The molecule has 2 aliphatic rings. The van der Waals surface area contributed by atoms with E-state index in [-0.39, 0.29) is 11.8 Å². The molecular weight excluding hydrogens is 344 g/mol. The molecule has 0 bridgehead atoms. The van der Waals surface area contributed by atoms with Crippen LogP contribution in [-0.2, 0) is 17.9 Å². The molecule has 5 heteroatoms. The molecule has 0 aliphatic carbocycles. The van der Waals surface area contributed by atoms with Gasteiger partial charge in [0, 0.05) is 37.0 Å². The number of carboxylic acids is 1. The molecular formula is C21H26N2O2S. The van der Waals surface area contributed by atoms with Crippen LogP contribution in [0.2, 0.25) is 0 Å². The van der Waals surface area contributed by atoms with Gasteiger partial charge in [-0.25, -0.2) is 0 Å². The lowest BCUT2D eigenvalue weighted by Crippen LogP contribution is -2.23. The van der Waals surface area contributed by atoms with E-state index in [1.807, 2.05) is 29.5 Å². The highest BCUT2D eigenvalue weighted by Crippen LogP contribution is 2.34. The normalized spacial score (nSPS) is 24.3. The highest BCUT2D eigenvalue weighted by molar-refractivity contribution is 7.10. The lowest BCUT2D eigenvalue weighted by atomic mass is 9.89. The van der Waals surface area contributed by atoms with Crippen LogP contribution in [0.1, 0.15) is 34.8 Å². The third-order valence-corrected chi connectivity index (χ3v) is 6.60. The minimum absolute atomic E-state index is 0.0812. The molecule has 2 aromatic rings. The molecule has 2 atom stereocenters. The number of likely N-dealkylation sites (tertiary alicyclic amines) is 2. The van der Waals surface area contributed by atoms with E-state index >= 15 is 0 Å². The number of nitrogens with zero attached hydrogens (tertiary/aromatic N) is 2. The van der Waals surface area contributed by atoms with E-state index < -0.39 is 5.97 Å². The Morgan fingerprint density at radius 2 is 1.85 bits per heavy atom. The van der Waals surface area contributed by atoms with E-state index in [9.17, 15) is 9.90 Å². The molecule has 2 fully saturated rings. The molecule has 0 radical (unpaired) electrons. The van der Waals surface area contributed by atoms with Crippen molar-refractivity contribution in [3.63, 3.8) is 0 Å². The number of benzene rings is 1. The van der Waals surface area contributed by atoms with Gasteiger partial charge in [0.15, 0.2) is 0 Å². The summed E-state index contributed by atoms with van der Waals surface area (Å²) in [5, 5.41) is 11.9. The van der Waals surface area contributed by atoms with Gasteiger partial charge < -0.3 is 5.11 Å². The van der Waals surface area contributed by atoms with E-state index in [0.717, 1.165) is 25.2 Å². The number of hydrogen-bond donors (Lipinski definition) is 1. The molecule has 3 heterocycles. The zero-order valence-electron chi connectivity index (χ0n) is 15.0. The first-order valence-electron chi connectivity index (χ1n) is 9.48. The van der Waals surface area contributed by atoms with E-state index in [4.69, 9.17) is 0 Å². The van der Waals surface area contributed by atoms with Crippen molar-refractivity contribution in [1.82, 2.24) is 9.80 Å². The quantitative estimate of drug-likeness (QED) is 0.843. The summed E-state index contributed by atoms with van der Waals surface area (Å²) in [7, 11) is 0. The Morgan fingerprint density at radius 1 is 1.08 bits per heavy atom. The van der Waals surface area contributed by atoms with Crippen molar-refractivity contribution >= 4 is 17.3 Å². The Kier molecular flexibility index (Phi) is 5.38. The fourth-order valence-electron chi connectivity index (χ4n) is 4.31. The third-order valence-electron chi connectivity index (χ3n) is 5.63. The minimum atomic E-state index is -0.678. The van der Waals surface area contributed by atoms with Gasteiger partial charge in [-0.05, 0) is 48.5 Å². The standard InChI is InChI=1S/C21H26N2O2S/c24-21(25)20-14-23(13-19(20)17-6-2-1-3-7-17)12-18-10-16(15-26-18)11-22-8-4-5-9-22/h1-3,6-7,10,15,19-20H,4-5,8-9,11-14H2,(H,24,25)/t19-,20+/m0/s1. The molecule has 1 aromatic carbocycles. The summed E-state index contributed by atoms with van der Waals surface area (Å²) in [4.78, 5) is 17.9. The first-order chi connectivity index (χ1) is 12.7. The lowest BCUT2D eigenvalue weighted by molar-refractivity contribution is -0.141. The van der Waals surface area contributed by atoms with Gasteiger partial charge in [-0.15, -0.1) is 11.3 Å². The van der Waals surface area contributed by atoms with Crippen LogP contribution >= 0.6 is 11.3 Å². The van der Waals surface area contributed by atoms with Crippen LogP contribution in [0.4, 0.5) is 0 Å². The van der Waals surface area contributed by atoms with E-state index in [1.165, 1.54) is 36.4 Å². The van der Waals surface area contributed by atoms with Gasteiger partial charge in [0.2, 0.25) is 0 Å². The largest absolute Gasteiger partial charge is 0.481 e. The Morgan fingerprint density at radius 3 is 2.58 bits per heavy atom. The molecule has 26 heavy (non-hydrogen) atoms. The molecule has 4 nitrogen and oxygen atoms in total. The first kappa shape index (κ1) is 17.7. The molecule has 4 rings (SSSR count). The lowest BCUT2D eigenvalue weighted by Gasteiger charge is -2.15. The number of carbonyl (C=O) groups is 1. The number of aliphatic carboxylic acids is 1. The van der Waals surface area contributed by atoms with Crippen LogP contribution in [0.15, 0.2) is 41.8 Å². The van der Waals surface area contributed by atoms with Crippen molar-refractivity contribution in [2.75, 3.05) is 26.2 Å². The first-order valence-corrected chi connectivity index (χ1v) is 10.4. The highest BCUT2D eigenvalue weighted by Gasteiger charge is 2.38. The monoisotopic (exact) mass is 370 g/mol. The Labute approximate surface area is 159 Å². The zero-order chi connectivity index (χ0) is 17.9. The van der Waals surface area contributed by atoms with Crippen LogP contribution in [0.3, 0.4) is 0 Å². The topological polar surface area (TPSA) is 43.8 Å². The van der Waals surface area contributed by atoms with Crippen molar-refractivity contribution in [2.24, 2.45) is 5.92 Å². The maximum atomic E-state index is 11.8. The number of hydrogen-bond acceptors (Lipinski definition) is 4. The molecule has 0 amide bonds. The smallest absolute Gasteiger partial charge is 0.308 e. The molecule has 0 unspecified atom stereocenters. The number of rotatable bonds is 6. The van der Waals surface area contributed by atoms with Crippen LogP contribution in [0.5, 0.6) is 0 Å². The average molecular weight is 371 g/mol. The third kappa shape index (κ3) is 4.00. The molecule has 2 aliphatic heterocycles. The summed E-state index contributed by atoms with van der Waals surface area (Å²) in [6.45, 7) is 5.81. The highest BCUT2D eigenvalue weighted by atomic mass is 32.1. The van der Waals surface area contributed by atoms with Crippen molar-refractivity contribution in [1.29, 1.82) is 0 Å². The molecule has 1 aromatic heterocycles. The minimum Gasteiger partial charge on any atom is -0.481 e. The zero-order valence-corrected chi connectivity index (χ0v) is 15.8. The van der Waals surface area contributed by atoms with Crippen LogP contribution < -0.4 is 0 Å². The Balaban J connectivity index is 1.40. The van der Waals surface area contributed by atoms with Gasteiger partial charge in [0.05, 0.1) is 5.92 Å². The maximum Gasteiger partial charge on any atom is 0.308 e. The number of thiophene rings is 1. The van der Waals surface area contributed by atoms with Crippen molar-refractivity contribution in [3.8, 4) is 0 Å². The van der Waals surface area contributed by atoms with Crippen molar-refractivity contribution in [2.45, 2.75) is 31.8 Å². The molecule has 2 saturated heterocycles. The number of carboxylic acid groups (broad SMARTS) is 1. The van der Waals surface area contributed by atoms with Crippen LogP contribution in [0, 0.1) is 5.92 Å². The molecule has 1 N–H and O–H groups in total. The summed E-state index contributed by atoms with van der Waals surface area (Å²) in [6.07, 6.45) is 2.64. The SMILES string of the molecule is O=C(O)[C@@H]1CN(Cc2cc(CN3CCCC3)cs2)C[C@H]1c1ccccc1. The van der Waals surface area contributed by atoms with Gasteiger partial charge in [-0.2, -0.15) is 0 Å². The van der Waals surface area contributed by atoms with Crippen LogP contribution in [-0.4, -0.2) is 47.1 Å². The van der Waals surface area contributed by atoms with Crippen molar-refractivity contribution in [3.05, 3.63) is 57.8 Å². The molecule has 0 spiro atoms. The average Bonchev–Trinajstić information content (AvgIpc) is 3.38. The van der Waals surface area contributed by atoms with Gasteiger partial charge in [-0.3, -0.25) is 14.6 Å². The Bertz CT molecular complexity index is 739. The second-order valence-electron chi connectivity index (χ2n) is 7.56. The van der Waals surface area contributed by atoms with Gasteiger partial charge >= 0.3 is 5.97 Å². The fourth-order valence-corrected chi connectivity index (χ4v) is 5.24. The maximum absolute atomic E-state index is 11.8. The summed E-state index contributed by atoms with van der Waals surface area (Å²) in [6, 6.07) is 12.4. The fraction of sp³-hybridized carbons (Fsp3) is 0.476. The predicted octanol–water partition coefficient (Wildman–Crippen LogP) is 3.64. The van der Waals surface area contributed by atoms with Gasteiger partial charge in [-0.1, -0.05) is 30.3 Å². The predicted molar refractivity (Wildman–Crippen MR) is 104 cm³/mol. The van der Waals surface area contributed by atoms with E-state index in [0.29, 0.717) is 6.54 Å². The van der Waals surface area contributed by atoms with Gasteiger partial charge in [0.1, 0.15) is 0 Å². The van der Waals surface area contributed by atoms with Crippen LogP contribution in [0.25, 0.3) is 0 Å². The second-order valence-corrected chi connectivity index (χ2v) is 8.56. The summed E-state index contributed by atoms with van der Waals surface area (Å²) in [5.41, 5.74) is 2.55. The van der Waals surface area contributed by atoms with Gasteiger partial charge in [0.25, 0.3) is 0 Å².